The number of halogens is 2. The molecule has 1 aromatic carbocycles. The molecular weight excluding hydrogens is 326 g/mol. The third kappa shape index (κ3) is 4.18. The Labute approximate surface area is 126 Å². The third-order valence-corrected chi connectivity index (χ3v) is 4.10. The van der Waals surface area contributed by atoms with Crippen LogP contribution in [0.5, 0.6) is 0 Å². The highest BCUT2D eigenvalue weighted by atomic mass is 79.9. The summed E-state index contributed by atoms with van der Waals surface area (Å²) in [6.07, 6.45) is 3.52. The average molecular weight is 341 g/mol. The highest BCUT2D eigenvalue weighted by Gasteiger charge is 2.09. The summed E-state index contributed by atoms with van der Waals surface area (Å²) in [4.78, 5) is 8.09. The van der Waals surface area contributed by atoms with Gasteiger partial charge in [-0.05, 0) is 41.3 Å². The minimum Gasteiger partial charge on any atom is -0.367 e. The van der Waals surface area contributed by atoms with Gasteiger partial charge < -0.3 is 5.32 Å². The maximum absolute atomic E-state index is 5.93. The fourth-order valence-electron chi connectivity index (χ4n) is 1.78. The van der Waals surface area contributed by atoms with E-state index in [4.69, 9.17) is 11.6 Å². The second-order valence-electron chi connectivity index (χ2n) is 4.40. The zero-order valence-corrected chi connectivity index (χ0v) is 12.9. The quantitative estimate of drug-likeness (QED) is 0.823. The van der Waals surface area contributed by atoms with E-state index in [2.05, 4.69) is 62.4 Å². The van der Waals surface area contributed by atoms with E-state index in [-0.39, 0.29) is 0 Å². The molecule has 0 radical (unpaired) electrons. The summed E-state index contributed by atoms with van der Waals surface area (Å²) in [7, 11) is 0. The molecule has 0 saturated carbocycles. The van der Waals surface area contributed by atoms with Crippen LogP contribution in [0.3, 0.4) is 0 Å². The van der Waals surface area contributed by atoms with Gasteiger partial charge >= 0.3 is 0 Å². The van der Waals surface area contributed by atoms with Gasteiger partial charge in [0.05, 0.1) is 4.47 Å². The highest BCUT2D eigenvalue weighted by molar-refractivity contribution is 9.10. The highest BCUT2D eigenvalue weighted by Crippen LogP contribution is 2.26. The van der Waals surface area contributed by atoms with Crippen LogP contribution in [0.1, 0.15) is 18.9 Å². The Morgan fingerprint density at radius 1 is 1.26 bits per heavy atom. The Hall–Kier alpha value is -1.13. The van der Waals surface area contributed by atoms with Crippen LogP contribution in [0.4, 0.5) is 5.82 Å². The molecule has 0 amide bonds. The number of nitrogens with one attached hydrogen (secondary N) is 1. The van der Waals surface area contributed by atoms with Crippen molar-refractivity contribution in [2.75, 3.05) is 5.32 Å². The summed E-state index contributed by atoms with van der Waals surface area (Å²) in [6.45, 7) is 2.13. The lowest BCUT2D eigenvalue weighted by Gasteiger charge is -2.15. The zero-order chi connectivity index (χ0) is 13.7. The molecule has 1 N–H and O–H groups in total. The maximum atomic E-state index is 5.93. The first-order valence-electron chi connectivity index (χ1n) is 6.13. The normalized spacial score (nSPS) is 12.2. The summed E-state index contributed by atoms with van der Waals surface area (Å²) in [5, 5.41) is 3.76. The first-order chi connectivity index (χ1) is 9.16. The van der Waals surface area contributed by atoms with Gasteiger partial charge in [0.2, 0.25) is 0 Å². The van der Waals surface area contributed by atoms with E-state index in [1.165, 1.54) is 11.9 Å². The number of rotatable bonds is 5. The minimum atomic E-state index is 0.308. The molecule has 0 aliphatic rings. The lowest BCUT2D eigenvalue weighted by Crippen LogP contribution is -2.17. The molecule has 19 heavy (non-hydrogen) atoms. The van der Waals surface area contributed by atoms with Gasteiger partial charge in [0.15, 0.2) is 0 Å². The smallest absolute Gasteiger partial charge is 0.148 e. The van der Waals surface area contributed by atoms with Crippen molar-refractivity contribution in [3.8, 4) is 0 Å². The summed E-state index contributed by atoms with van der Waals surface area (Å²) in [6, 6.07) is 10.8. The van der Waals surface area contributed by atoms with E-state index < -0.39 is 0 Å². The summed E-state index contributed by atoms with van der Waals surface area (Å²) < 4.78 is 0.711. The summed E-state index contributed by atoms with van der Waals surface area (Å²) in [5.41, 5.74) is 1.34. The molecule has 0 aliphatic carbocycles. The second kappa shape index (κ2) is 6.87. The SMILES string of the molecule is CC(CCc1ccccc1)Nc1ncnc(Cl)c1Br. The molecule has 0 fully saturated rings. The van der Waals surface area contributed by atoms with E-state index in [1.807, 2.05) is 6.07 Å². The van der Waals surface area contributed by atoms with Crippen molar-refractivity contribution in [2.24, 2.45) is 0 Å². The molecule has 100 valence electrons. The predicted molar refractivity (Wildman–Crippen MR) is 82.6 cm³/mol. The van der Waals surface area contributed by atoms with Gasteiger partial charge in [-0.3, -0.25) is 0 Å². The topological polar surface area (TPSA) is 37.8 Å². The van der Waals surface area contributed by atoms with E-state index in [0.717, 1.165) is 18.7 Å². The van der Waals surface area contributed by atoms with Crippen LogP contribution in [-0.4, -0.2) is 16.0 Å². The number of hydrogen-bond acceptors (Lipinski definition) is 3. The van der Waals surface area contributed by atoms with Gasteiger partial charge in [-0.1, -0.05) is 41.9 Å². The Bertz CT molecular complexity index is 533. The van der Waals surface area contributed by atoms with Crippen molar-refractivity contribution in [3.63, 3.8) is 0 Å². The number of aromatic nitrogens is 2. The molecular formula is C14H15BrClN3. The zero-order valence-electron chi connectivity index (χ0n) is 10.6. The fourth-order valence-corrected chi connectivity index (χ4v) is 2.23. The molecule has 0 saturated heterocycles. The van der Waals surface area contributed by atoms with Crippen LogP contribution in [0.25, 0.3) is 0 Å². The molecule has 2 rings (SSSR count). The largest absolute Gasteiger partial charge is 0.367 e. The molecule has 1 aromatic heterocycles. The summed E-state index contributed by atoms with van der Waals surface area (Å²) >= 11 is 9.32. The Morgan fingerprint density at radius 3 is 2.74 bits per heavy atom. The second-order valence-corrected chi connectivity index (χ2v) is 5.55. The first-order valence-corrected chi connectivity index (χ1v) is 7.30. The van der Waals surface area contributed by atoms with Crippen LogP contribution in [-0.2, 0) is 6.42 Å². The van der Waals surface area contributed by atoms with E-state index >= 15 is 0 Å². The van der Waals surface area contributed by atoms with Crippen LogP contribution in [0, 0.1) is 0 Å². The Balaban J connectivity index is 1.91. The molecule has 2 aromatic rings. The fraction of sp³-hybridized carbons (Fsp3) is 0.286. The van der Waals surface area contributed by atoms with Gasteiger partial charge in [-0.2, -0.15) is 0 Å². The number of aryl methyl sites for hydroxylation is 1. The number of benzene rings is 1. The van der Waals surface area contributed by atoms with Crippen LogP contribution < -0.4 is 5.32 Å². The monoisotopic (exact) mass is 339 g/mol. The van der Waals surface area contributed by atoms with Gasteiger partial charge in [-0.25, -0.2) is 9.97 Å². The van der Waals surface area contributed by atoms with Crippen LogP contribution >= 0.6 is 27.5 Å². The molecule has 3 nitrogen and oxygen atoms in total. The molecule has 1 heterocycles. The lowest BCUT2D eigenvalue weighted by molar-refractivity contribution is 0.702. The molecule has 0 aliphatic heterocycles. The number of nitrogens with zero attached hydrogens (tertiary/aromatic N) is 2. The van der Waals surface area contributed by atoms with Crippen molar-refractivity contribution in [2.45, 2.75) is 25.8 Å². The van der Waals surface area contributed by atoms with Gasteiger partial charge in [0.1, 0.15) is 17.3 Å². The molecule has 0 spiro atoms. The lowest BCUT2D eigenvalue weighted by atomic mass is 10.1. The first kappa shape index (κ1) is 14.3. The standard InChI is InChI=1S/C14H15BrClN3/c1-10(7-8-11-5-3-2-4-6-11)19-14-12(15)13(16)17-9-18-14/h2-6,9-10H,7-8H2,1H3,(H,17,18,19). The van der Waals surface area contributed by atoms with Gasteiger partial charge in [0.25, 0.3) is 0 Å². The maximum Gasteiger partial charge on any atom is 0.148 e. The summed E-state index contributed by atoms with van der Waals surface area (Å²) in [5.74, 6) is 0.737. The van der Waals surface area contributed by atoms with Crippen molar-refractivity contribution in [3.05, 3.63) is 51.8 Å². The molecule has 5 heteroatoms. The van der Waals surface area contributed by atoms with Crippen molar-refractivity contribution in [1.29, 1.82) is 0 Å². The molecule has 0 bridgehead atoms. The predicted octanol–water partition coefficient (Wildman–Crippen LogP) is 4.33. The van der Waals surface area contributed by atoms with E-state index in [0.29, 0.717) is 15.7 Å². The van der Waals surface area contributed by atoms with E-state index in [1.54, 1.807) is 0 Å². The third-order valence-electron chi connectivity index (χ3n) is 2.84. The van der Waals surface area contributed by atoms with Crippen molar-refractivity contribution < 1.29 is 0 Å². The van der Waals surface area contributed by atoms with Crippen molar-refractivity contribution >= 4 is 33.3 Å². The minimum absolute atomic E-state index is 0.308. The van der Waals surface area contributed by atoms with E-state index in [9.17, 15) is 0 Å². The Morgan fingerprint density at radius 2 is 2.00 bits per heavy atom. The van der Waals surface area contributed by atoms with Crippen LogP contribution in [0.2, 0.25) is 5.15 Å². The number of hydrogen-bond donors (Lipinski definition) is 1. The molecule has 1 atom stereocenters. The Kier molecular flexibility index (Phi) is 5.16. The number of anilines is 1. The van der Waals surface area contributed by atoms with Crippen molar-refractivity contribution in [1.82, 2.24) is 9.97 Å². The van der Waals surface area contributed by atoms with Gasteiger partial charge in [0, 0.05) is 6.04 Å². The molecule has 1 unspecified atom stereocenters. The average Bonchev–Trinajstić information content (AvgIpc) is 2.43. The van der Waals surface area contributed by atoms with Gasteiger partial charge in [-0.15, -0.1) is 0 Å². The van der Waals surface area contributed by atoms with Crippen LogP contribution in [0.15, 0.2) is 41.1 Å².